The molecule has 142 valence electrons. The smallest absolute Gasteiger partial charge is 0.286 e. The molecular weight excluding hydrogens is 418 g/mol. The molecule has 1 aromatic carbocycles. The standard InChI is InChI=1S/C18H14ClN5O2S2/c19-14-5-7-16(8-6-14)28(25,26)24-18(21-12-15-4-2-10-27-15)22-17(23-24)13-3-1-9-20-11-13/h1-11H,12H2,(H,21,22,23). The summed E-state index contributed by atoms with van der Waals surface area (Å²) in [6.07, 6.45) is 3.21. The zero-order valence-electron chi connectivity index (χ0n) is 14.4. The third-order valence-corrected chi connectivity index (χ3v) is 6.54. The number of hydrogen-bond donors (Lipinski definition) is 1. The zero-order chi connectivity index (χ0) is 19.6. The lowest BCUT2D eigenvalue weighted by Gasteiger charge is -2.08. The Morgan fingerprint density at radius 1 is 1.11 bits per heavy atom. The van der Waals surface area contributed by atoms with Gasteiger partial charge in [-0.05, 0) is 47.8 Å². The van der Waals surface area contributed by atoms with E-state index < -0.39 is 10.0 Å². The topological polar surface area (TPSA) is 89.8 Å². The summed E-state index contributed by atoms with van der Waals surface area (Å²) in [4.78, 5) is 9.55. The molecule has 0 fully saturated rings. The zero-order valence-corrected chi connectivity index (χ0v) is 16.7. The number of nitrogens with zero attached hydrogens (tertiary/aromatic N) is 4. The van der Waals surface area contributed by atoms with Crippen molar-refractivity contribution in [1.82, 2.24) is 19.2 Å². The normalized spacial score (nSPS) is 11.5. The molecule has 0 atom stereocenters. The Hall–Kier alpha value is -2.75. The van der Waals surface area contributed by atoms with Crippen LogP contribution >= 0.6 is 22.9 Å². The van der Waals surface area contributed by atoms with Crippen molar-refractivity contribution in [2.75, 3.05) is 5.32 Å². The van der Waals surface area contributed by atoms with E-state index in [1.165, 1.54) is 24.3 Å². The summed E-state index contributed by atoms with van der Waals surface area (Å²) in [7, 11) is -3.96. The van der Waals surface area contributed by atoms with Crippen molar-refractivity contribution in [3.63, 3.8) is 0 Å². The van der Waals surface area contributed by atoms with Crippen LogP contribution in [0.3, 0.4) is 0 Å². The van der Waals surface area contributed by atoms with Crippen LogP contribution in [0.4, 0.5) is 5.95 Å². The van der Waals surface area contributed by atoms with E-state index in [4.69, 9.17) is 11.6 Å². The molecule has 0 saturated heterocycles. The molecule has 0 spiro atoms. The first-order valence-corrected chi connectivity index (χ1v) is 10.9. The Balaban J connectivity index is 1.77. The van der Waals surface area contributed by atoms with E-state index in [2.05, 4.69) is 20.4 Å². The molecule has 4 aromatic rings. The number of hydrogen-bond acceptors (Lipinski definition) is 7. The van der Waals surface area contributed by atoms with Gasteiger partial charge in [-0.3, -0.25) is 4.98 Å². The summed E-state index contributed by atoms with van der Waals surface area (Å²) in [5, 5.41) is 9.70. The van der Waals surface area contributed by atoms with Crippen molar-refractivity contribution in [1.29, 1.82) is 0 Å². The van der Waals surface area contributed by atoms with E-state index in [0.717, 1.165) is 8.96 Å². The number of halogens is 1. The number of nitrogens with one attached hydrogen (secondary N) is 1. The van der Waals surface area contributed by atoms with E-state index in [-0.39, 0.29) is 16.7 Å². The van der Waals surface area contributed by atoms with Crippen molar-refractivity contribution in [2.24, 2.45) is 0 Å². The van der Waals surface area contributed by atoms with Crippen LogP contribution < -0.4 is 5.32 Å². The van der Waals surface area contributed by atoms with Gasteiger partial charge in [0.25, 0.3) is 10.0 Å². The minimum absolute atomic E-state index is 0.0683. The van der Waals surface area contributed by atoms with Crippen molar-refractivity contribution in [3.05, 3.63) is 76.2 Å². The minimum atomic E-state index is -3.96. The quantitative estimate of drug-likeness (QED) is 0.498. The van der Waals surface area contributed by atoms with E-state index in [1.54, 1.807) is 35.9 Å². The first kappa shape index (κ1) is 18.6. The largest absolute Gasteiger partial charge is 0.349 e. The molecule has 28 heavy (non-hydrogen) atoms. The predicted octanol–water partition coefficient (Wildman–Crippen LogP) is 3.90. The lowest BCUT2D eigenvalue weighted by atomic mass is 10.3. The highest BCUT2D eigenvalue weighted by Gasteiger charge is 2.24. The van der Waals surface area contributed by atoms with Gasteiger partial charge in [0, 0.05) is 27.9 Å². The van der Waals surface area contributed by atoms with Gasteiger partial charge < -0.3 is 5.32 Å². The fraction of sp³-hybridized carbons (Fsp3) is 0.0556. The van der Waals surface area contributed by atoms with Crippen LogP contribution in [0.15, 0.2) is 71.2 Å². The SMILES string of the molecule is O=S(=O)(c1ccc(Cl)cc1)n1nc(-c2cccnc2)nc1NCc1cccs1. The molecule has 3 aromatic heterocycles. The van der Waals surface area contributed by atoms with Crippen LogP contribution in [-0.2, 0) is 16.6 Å². The van der Waals surface area contributed by atoms with Gasteiger partial charge >= 0.3 is 0 Å². The molecule has 4 rings (SSSR count). The maximum absolute atomic E-state index is 13.1. The number of pyridine rings is 1. The van der Waals surface area contributed by atoms with E-state index >= 15 is 0 Å². The summed E-state index contributed by atoms with van der Waals surface area (Å²) in [6.45, 7) is 0.430. The maximum atomic E-state index is 13.1. The average molecular weight is 432 g/mol. The summed E-state index contributed by atoms with van der Waals surface area (Å²) in [5.41, 5.74) is 0.617. The second-order valence-corrected chi connectivity index (χ2v) is 8.97. The Morgan fingerprint density at radius 2 is 1.93 bits per heavy atom. The number of thiophene rings is 1. The number of aromatic nitrogens is 4. The molecule has 0 aliphatic carbocycles. The van der Waals surface area contributed by atoms with Crippen molar-refractivity contribution in [3.8, 4) is 11.4 Å². The summed E-state index contributed by atoms with van der Waals surface area (Å²) in [5.74, 6) is 0.390. The highest BCUT2D eigenvalue weighted by atomic mass is 35.5. The Bertz CT molecular complexity index is 1170. The first-order valence-electron chi connectivity index (χ1n) is 8.19. The summed E-state index contributed by atoms with van der Waals surface area (Å²) >= 11 is 7.44. The van der Waals surface area contributed by atoms with Gasteiger partial charge in [-0.15, -0.1) is 20.5 Å². The van der Waals surface area contributed by atoms with Gasteiger partial charge in [-0.25, -0.2) is 0 Å². The number of rotatable bonds is 6. The summed E-state index contributed by atoms with van der Waals surface area (Å²) < 4.78 is 27.2. The van der Waals surface area contributed by atoms with Crippen LogP contribution in [0, 0.1) is 0 Å². The van der Waals surface area contributed by atoms with Crippen LogP contribution in [0.1, 0.15) is 4.88 Å². The third-order valence-electron chi connectivity index (χ3n) is 3.84. The van der Waals surface area contributed by atoms with Gasteiger partial charge in [0.2, 0.25) is 5.95 Å². The second kappa shape index (κ2) is 7.70. The van der Waals surface area contributed by atoms with Crippen molar-refractivity contribution >= 4 is 38.9 Å². The Labute approximate surface area is 170 Å². The lowest BCUT2D eigenvalue weighted by molar-refractivity contribution is 0.581. The highest BCUT2D eigenvalue weighted by Crippen LogP contribution is 2.23. The van der Waals surface area contributed by atoms with Crippen LogP contribution in [0.2, 0.25) is 5.02 Å². The molecule has 0 aliphatic heterocycles. The van der Waals surface area contributed by atoms with E-state index in [9.17, 15) is 8.42 Å². The number of benzene rings is 1. The molecule has 0 amide bonds. The van der Waals surface area contributed by atoms with Crippen LogP contribution in [0.5, 0.6) is 0 Å². The predicted molar refractivity (Wildman–Crippen MR) is 109 cm³/mol. The number of anilines is 1. The molecule has 7 nitrogen and oxygen atoms in total. The van der Waals surface area contributed by atoms with Crippen LogP contribution in [0.25, 0.3) is 11.4 Å². The molecular formula is C18H14ClN5O2S2. The molecule has 0 aliphatic rings. The molecule has 1 N–H and O–H groups in total. The molecule has 10 heteroatoms. The molecule has 0 unspecified atom stereocenters. The van der Waals surface area contributed by atoms with Crippen LogP contribution in [-0.4, -0.2) is 27.6 Å². The highest BCUT2D eigenvalue weighted by molar-refractivity contribution is 7.90. The minimum Gasteiger partial charge on any atom is -0.349 e. The van der Waals surface area contributed by atoms with Gasteiger partial charge in [0.05, 0.1) is 11.4 Å². The Kier molecular flexibility index (Phi) is 5.12. The lowest BCUT2D eigenvalue weighted by Crippen LogP contribution is -2.18. The van der Waals surface area contributed by atoms with Crippen molar-refractivity contribution in [2.45, 2.75) is 11.4 Å². The molecule has 0 saturated carbocycles. The van der Waals surface area contributed by atoms with Gasteiger partial charge in [-0.2, -0.15) is 13.4 Å². The second-order valence-electron chi connectivity index (χ2n) is 5.74. The van der Waals surface area contributed by atoms with E-state index in [1.807, 2.05) is 17.5 Å². The van der Waals surface area contributed by atoms with Crippen molar-refractivity contribution < 1.29 is 8.42 Å². The fourth-order valence-electron chi connectivity index (χ4n) is 2.48. The monoisotopic (exact) mass is 431 g/mol. The summed E-state index contributed by atoms with van der Waals surface area (Å²) in [6, 6.07) is 13.3. The van der Waals surface area contributed by atoms with Gasteiger partial charge in [0.15, 0.2) is 5.82 Å². The van der Waals surface area contributed by atoms with E-state index in [0.29, 0.717) is 17.1 Å². The maximum Gasteiger partial charge on any atom is 0.286 e. The Morgan fingerprint density at radius 3 is 2.61 bits per heavy atom. The average Bonchev–Trinajstić information content (AvgIpc) is 3.37. The van der Waals surface area contributed by atoms with Gasteiger partial charge in [-0.1, -0.05) is 17.7 Å². The fourth-order valence-corrected chi connectivity index (χ4v) is 4.44. The molecule has 0 radical (unpaired) electrons. The molecule has 3 heterocycles. The molecule has 0 bridgehead atoms. The first-order chi connectivity index (χ1) is 13.5. The van der Waals surface area contributed by atoms with Gasteiger partial charge in [0.1, 0.15) is 0 Å². The third kappa shape index (κ3) is 3.77.